The molecular weight excluding hydrogens is 440 g/mol. The molecule has 1 amide bonds. The van der Waals surface area contributed by atoms with Crippen molar-refractivity contribution in [2.45, 2.75) is 69.3 Å². The minimum absolute atomic E-state index is 0.125. The molecule has 0 aliphatic carbocycles. The van der Waals surface area contributed by atoms with Crippen LogP contribution >= 0.6 is 0 Å². The Bertz CT molecular complexity index is 1080. The van der Waals surface area contributed by atoms with Crippen LogP contribution in [0.4, 0.5) is 0 Å². The normalized spacial score (nSPS) is 20.4. The fourth-order valence-electron chi connectivity index (χ4n) is 4.83. The zero-order valence-corrected chi connectivity index (χ0v) is 20.6. The molecule has 1 unspecified atom stereocenters. The van der Waals surface area contributed by atoms with Crippen LogP contribution in [0.1, 0.15) is 57.7 Å². The second kappa shape index (κ2) is 10.5. The van der Waals surface area contributed by atoms with Crippen molar-refractivity contribution in [1.29, 1.82) is 0 Å². The number of sulfonamides is 1. The predicted molar refractivity (Wildman–Crippen MR) is 127 cm³/mol. The Hall–Kier alpha value is -1.97. The van der Waals surface area contributed by atoms with Crippen LogP contribution in [0.15, 0.2) is 23.1 Å². The Balaban J connectivity index is 1.43. The molecule has 8 nitrogen and oxygen atoms in total. The third kappa shape index (κ3) is 5.41. The highest BCUT2D eigenvalue weighted by atomic mass is 32.2. The van der Waals surface area contributed by atoms with Crippen LogP contribution in [-0.2, 0) is 33.0 Å². The van der Waals surface area contributed by atoms with E-state index in [-0.39, 0.29) is 12.0 Å². The number of likely N-dealkylation sites (tertiary alicyclic amines) is 1. The Labute approximate surface area is 196 Å². The van der Waals surface area contributed by atoms with E-state index in [9.17, 15) is 13.2 Å². The lowest BCUT2D eigenvalue weighted by molar-refractivity contribution is -0.135. The molecule has 3 heterocycles. The number of carbonyl (C=O) groups is 1. The number of imidazole rings is 1. The topological polar surface area (TPSA) is 84.7 Å². The largest absolute Gasteiger partial charge is 0.376 e. The van der Waals surface area contributed by atoms with Gasteiger partial charge in [0.1, 0.15) is 5.82 Å². The maximum Gasteiger partial charge on any atom is 0.243 e. The molecule has 2 fully saturated rings. The lowest BCUT2D eigenvalue weighted by Gasteiger charge is -2.32. The van der Waals surface area contributed by atoms with Crippen molar-refractivity contribution in [2.24, 2.45) is 7.05 Å². The van der Waals surface area contributed by atoms with E-state index in [0.29, 0.717) is 42.9 Å². The van der Waals surface area contributed by atoms with Crippen molar-refractivity contribution in [3.05, 3.63) is 24.0 Å². The van der Waals surface area contributed by atoms with Gasteiger partial charge >= 0.3 is 0 Å². The van der Waals surface area contributed by atoms with Gasteiger partial charge in [0.05, 0.1) is 22.0 Å². The maximum absolute atomic E-state index is 13.0. The van der Waals surface area contributed by atoms with Gasteiger partial charge in [0, 0.05) is 52.7 Å². The van der Waals surface area contributed by atoms with Crippen LogP contribution in [0.3, 0.4) is 0 Å². The number of nitrogens with zero attached hydrogens (tertiary/aromatic N) is 4. The number of hydrogen-bond donors (Lipinski definition) is 0. The zero-order valence-electron chi connectivity index (χ0n) is 19.8. The summed E-state index contributed by atoms with van der Waals surface area (Å²) in [4.78, 5) is 19.7. The van der Waals surface area contributed by atoms with E-state index in [1.165, 1.54) is 0 Å². The number of amides is 1. The standard InChI is InChI=1S/C24H36N4O4S/c1-3-16-32-19-8-7-13-27(18-19)24(29)12-11-23-25-21-17-20(9-10-22(21)26(23)2)33(30,31)28-14-5-4-6-15-28/h9-10,17,19H,3-8,11-16,18H2,1-2H3. The van der Waals surface area contributed by atoms with Gasteiger partial charge in [-0.1, -0.05) is 13.3 Å². The molecule has 0 saturated carbocycles. The number of benzene rings is 1. The molecule has 1 aromatic carbocycles. The average molecular weight is 477 g/mol. The first-order chi connectivity index (χ1) is 15.9. The van der Waals surface area contributed by atoms with E-state index in [1.54, 1.807) is 16.4 Å². The van der Waals surface area contributed by atoms with Gasteiger partial charge in [0.15, 0.2) is 0 Å². The van der Waals surface area contributed by atoms with E-state index in [4.69, 9.17) is 4.74 Å². The van der Waals surface area contributed by atoms with Gasteiger partial charge in [-0.15, -0.1) is 0 Å². The first-order valence-electron chi connectivity index (χ1n) is 12.2. The molecule has 0 spiro atoms. The summed E-state index contributed by atoms with van der Waals surface area (Å²) in [5, 5.41) is 0. The number of rotatable bonds is 8. The molecule has 33 heavy (non-hydrogen) atoms. The highest BCUT2D eigenvalue weighted by Gasteiger charge is 2.27. The Morgan fingerprint density at radius 2 is 1.94 bits per heavy atom. The SMILES string of the molecule is CCCOC1CCCN(C(=O)CCc2nc3cc(S(=O)(=O)N4CCCCC4)ccc3n2C)C1. The van der Waals surface area contributed by atoms with E-state index < -0.39 is 10.0 Å². The molecule has 4 rings (SSSR count). The van der Waals surface area contributed by atoms with Crippen molar-refractivity contribution >= 4 is 27.0 Å². The maximum atomic E-state index is 13.0. The fourth-order valence-corrected chi connectivity index (χ4v) is 6.37. The van der Waals surface area contributed by atoms with Crippen LogP contribution in [-0.4, -0.2) is 72.0 Å². The molecule has 2 aliphatic heterocycles. The van der Waals surface area contributed by atoms with Crippen LogP contribution in [0.2, 0.25) is 0 Å². The highest BCUT2D eigenvalue weighted by Crippen LogP contribution is 2.25. The van der Waals surface area contributed by atoms with Crippen molar-refractivity contribution in [3.8, 4) is 0 Å². The molecule has 2 aliphatic rings. The number of aromatic nitrogens is 2. The second-order valence-electron chi connectivity index (χ2n) is 9.18. The molecule has 182 valence electrons. The summed E-state index contributed by atoms with van der Waals surface area (Å²) in [6.45, 7) is 5.44. The number of ether oxygens (including phenoxy) is 1. The minimum Gasteiger partial charge on any atom is -0.376 e. The van der Waals surface area contributed by atoms with Crippen LogP contribution < -0.4 is 0 Å². The number of aryl methyl sites for hydroxylation is 2. The second-order valence-corrected chi connectivity index (χ2v) is 11.1. The predicted octanol–water partition coefficient (Wildman–Crippen LogP) is 3.10. The van der Waals surface area contributed by atoms with Crippen LogP contribution in [0.5, 0.6) is 0 Å². The molecule has 0 N–H and O–H groups in total. The monoisotopic (exact) mass is 476 g/mol. The van der Waals surface area contributed by atoms with Crippen LogP contribution in [0.25, 0.3) is 11.0 Å². The molecule has 2 aromatic rings. The first-order valence-corrected chi connectivity index (χ1v) is 13.7. The lowest BCUT2D eigenvalue weighted by Crippen LogP contribution is -2.43. The summed E-state index contributed by atoms with van der Waals surface area (Å²) < 4.78 is 35.5. The van der Waals surface area contributed by atoms with Gasteiger partial charge in [-0.3, -0.25) is 4.79 Å². The fraction of sp³-hybridized carbons (Fsp3) is 0.667. The van der Waals surface area contributed by atoms with Gasteiger partial charge in [0.2, 0.25) is 15.9 Å². The van der Waals surface area contributed by atoms with E-state index in [2.05, 4.69) is 11.9 Å². The Morgan fingerprint density at radius 3 is 2.70 bits per heavy atom. The van der Waals surface area contributed by atoms with E-state index in [1.807, 2.05) is 22.6 Å². The molecule has 1 atom stereocenters. The summed E-state index contributed by atoms with van der Waals surface area (Å²) in [6.07, 6.45) is 6.91. The Kier molecular flexibility index (Phi) is 7.71. The molecule has 0 bridgehead atoms. The molecule has 0 radical (unpaired) electrons. The van der Waals surface area contributed by atoms with Crippen molar-refractivity contribution < 1.29 is 17.9 Å². The summed E-state index contributed by atoms with van der Waals surface area (Å²) in [7, 11) is -1.58. The van der Waals surface area contributed by atoms with Crippen molar-refractivity contribution in [2.75, 3.05) is 32.8 Å². The van der Waals surface area contributed by atoms with Gasteiger partial charge in [0.25, 0.3) is 0 Å². The minimum atomic E-state index is -3.50. The first kappa shape index (κ1) is 24.2. The van der Waals surface area contributed by atoms with Crippen molar-refractivity contribution in [3.63, 3.8) is 0 Å². The summed E-state index contributed by atoms with van der Waals surface area (Å²) in [6, 6.07) is 5.17. The van der Waals surface area contributed by atoms with Gasteiger partial charge in [-0.2, -0.15) is 4.31 Å². The quantitative estimate of drug-likeness (QED) is 0.585. The lowest BCUT2D eigenvalue weighted by atomic mass is 10.1. The summed E-state index contributed by atoms with van der Waals surface area (Å²) in [5.41, 5.74) is 1.53. The van der Waals surface area contributed by atoms with E-state index >= 15 is 0 Å². The van der Waals surface area contributed by atoms with Crippen LogP contribution in [0, 0.1) is 0 Å². The van der Waals surface area contributed by atoms with E-state index in [0.717, 1.165) is 63.0 Å². The molecule has 1 aromatic heterocycles. The average Bonchev–Trinajstić information content (AvgIpc) is 3.16. The van der Waals surface area contributed by atoms with Gasteiger partial charge in [-0.05, 0) is 50.3 Å². The number of hydrogen-bond acceptors (Lipinski definition) is 5. The van der Waals surface area contributed by atoms with Crippen molar-refractivity contribution in [1.82, 2.24) is 18.8 Å². The smallest absolute Gasteiger partial charge is 0.243 e. The summed E-state index contributed by atoms with van der Waals surface area (Å²) in [5.74, 6) is 0.918. The molecule has 2 saturated heterocycles. The molecular formula is C24H36N4O4S. The third-order valence-corrected chi connectivity index (χ3v) is 8.64. The van der Waals surface area contributed by atoms with Gasteiger partial charge in [-0.25, -0.2) is 13.4 Å². The summed E-state index contributed by atoms with van der Waals surface area (Å²) >= 11 is 0. The Morgan fingerprint density at radius 1 is 1.15 bits per heavy atom. The highest BCUT2D eigenvalue weighted by molar-refractivity contribution is 7.89. The molecule has 9 heteroatoms. The van der Waals surface area contributed by atoms with Gasteiger partial charge < -0.3 is 14.2 Å². The number of carbonyl (C=O) groups excluding carboxylic acids is 1. The number of fused-ring (bicyclic) bond motifs is 1. The zero-order chi connectivity index (χ0) is 23.4. The number of piperidine rings is 2. The third-order valence-electron chi connectivity index (χ3n) is 6.75.